The van der Waals surface area contributed by atoms with Gasteiger partial charge >= 0.3 is 0 Å². The highest BCUT2D eigenvalue weighted by atomic mass is 19.1. The van der Waals surface area contributed by atoms with Crippen molar-refractivity contribution < 1.29 is 9.50 Å². The molecule has 1 aromatic heterocycles. The van der Waals surface area contributed by atoms with Gasteiger partial charge in [0.2, 0.25) is 0 Å². The van der Waals surface area contributed by atoms with Crippen LogP contribution in [0.25, 0.3) is 0 Å². The van der Waals surface area contributed by atoms with Crippen molar-refractivity contribution in [1.82, 2.24) is 10.3 Å². The van der Waals surface area contributed by atoms with E-state index in [0.29, 0.717) is 11.8 Å². The van der Waals surface area contributed by atoms with Crippen molar-refractivity contribution in [2.24, 2.45) is 11.8 Å². The Hall–Kier alpha value is -1.00. The molecule has 4 heteroatoms. The molecule has 19 heavy (non-hydrogen) atoms. The quantitative estimate of drug-likeness (QED) is 0.762. The first kappa shape index (κ1) is 16.1. The monoisotopic (exact) mass is 268 g/mol. The second-order valence-electron chi connectivity index (χ2n) is 5.54. The summed E-state index contributed by atoms with van der Waals surface area (Å²) in [4.78, 5) is 4.08. The van der Waals surface area contributed by atoms with Crippen molar-refractivity contribution in [3.8, 4) is 0 Å². The maximum atomic E-state index is 12.8. The van der Waals surface area contributed by atoms with Crippen LogP contribution < -0.4 is 5.32 Å². The second kappa shape index (κ2) is 8.23. The lowest BCUT2D eigenvalue weighted by Crippen LogP contribution is -2.27. The summed E-state index contributed by atoms with van der Waals surface area (Å²) in [5.41, 5.74) is 0.841. The molecule has 0 aromatic carbocycles. The fourth-order valence-corrected chi connectivity index (χ4v) is 2.24. The molecule has 1 rings (SSSR count). The van der Waals surface area contributed by atoms with Crippen LogP contribution in [0.1, 0.15) is 45.3 Å². The molecule has 0 spiro atoms. The number of hydrogen-bond acceptors (Lipinski definition) is 3. The molecule has 0 aliphatic rings. The van der Waals surface area contributed by atoms with Gasteiger partial charge in [-0.2, -0.15) is 0 Å². The van der Waals surface area contributed by atoms with Gasteiger partial charge in [-0.15, -0.1) is 0 Å². The molecule has 0 fully saturated rings. The Bertz CT molecular complexity index is 354. The average molecular weight is 268 g/mol. The molecule has 108 valence electrons. The van der Waals surface area contributed by atoms with Crippen LogP contribution in [0.3, 0.4) is 0 Å². The first-order chi connectivity index (χ1) is 9.02. The highest BCUT2D eigenvalue weighted by Crippen LogP contribution is 2.16. The molecule has 3 nitrogen and oxygen atoms in total. The number of nitrogens with zero attached hydrogens (tertiary/aromatic N) is 1. The minimum atomic E-state index is -0.311. The molecule has 0 amide bonds. The van der Waals surface area contributed by atoms with Gasteiger partial charge in [0.25, 0.3) is 0 Å². The third-order valence-electron chi connectivity index (χ3n) is 3.25. The van der Waals surface area contributed by atoms with E-state index in [1.165, 1.54) is 12.3 Å². The summed E-state index contributed by atoms with van der Waals surface area (Å²) in [5, 5.41) is 12.5. The van der Waals surface area contributed by atoms with E-state index in [0.717, 1.165) is 25.1 Å². The average Bonchev–Trinajstić information content (AvgIpc) is 2.36. The van der Waals surface area contributed by atoms with Crippen LogP contribution in [0.2, 0.25) is 0 Å². The Morgan fingerprint density at radius 2 is 2.05 bits per heavy atom. The van der Waals surface area contributed by atoms with Gasteiger partial charge in [-0.1, -0.05) is 13.8 Å². The zero-order chi connectivity index (χ0) is 14.3. The van der Waals surface area contributed by atoms with Crippen LogP contribution in [0, 0.1) is 17.7 Å². The summed E-state index contributed by atoms with van der Waals surface area (Å²) in [5.74, 6) is 0.777. The number of nitrogens with one attached hydrogen (secondary N) is 1. The molecule has 1 aromatic rings. The Morgan fingerprint density at radius 1 is 1.32 bits per heavy atom. The summed E-state index contributed by atoms with van der Waals surface area (Å²) in [7, 11) is 0. The van der Waals surface area contributed by atoms with Gasteiger partial charge in [0, 0.05) is 12.6 Å². The lowest BCUT2D eigenvalue weighted by atomic mass is 9.94. The van der Waals surface area contributed by atoms with E-state index in [1.54, 1.807) is 6.07 Å². The Morgan fingerprint density at radius 3 is 2.58 bits per heavy atom. The molecule has 2 atom stereocenters. The van der Waals surface area contributed by atoms with Gasteiger partial charge < -0.3 is 10.4 Å². The zero-order valence-electron chi connectivity index (χ0n) is 12.1. The predicted octanol–water partition coefficient (Wildman–Crippen LogP) is 2.92. The summed E-state index contributed by atoms with van der Waals surface area (Å²) < 4.78 is 12.8. The SMILES string of the molecule is CC(C)CC(CCO)CNC(C)c1ccc(F)cn1. The number of hydrogen-bond donors (Lipinski definition) is 2. The number of halogens is 1. The molecular weight excluding hydrogens is 243 g/mol. The molecule has 0 radical (unpaired) electrons. The summed E-state index contributed by atoms with van der Waals surface area (Å²) in [6.07, 6.45) is 3.15. The van der Waals surface area contributed by atoms with Gasteiger partial charge in [0.05, 0.1) is 11.9 Å². The number of aliphatic hydroxyl groups excluding tert-OH is 1. The first-order valence-corrected chi connectivity index (χ1v) is 6.98. The molecular formula is C15H25FN2O. The highest BCUT2D eigenvalue weighted by molar-refractivity contribution is 5.08. The third kappa shape index (κ3) is 6.12. The Kier molecular flexibility index (Phi) is 6.95. The molecule has 1 heterocycles. The lowest BCUT2D eigenvalue weighted by molar-refractivity contribution is 0.236. The van der Waals surface area contributed by atoms with Crippen LogP contribution in [0.15, 0.2) is 18.3 Å². The van der Waals surface area contributed by atoms with Crippen molar-refractivity contribution in [1.29, 1.82) is 0 Å². The molecule has 0 saturated heterocycles. The molecule has 0 bridgehead atoms. The minimum absolute atomic E-state index is 0.0916. The predicted molar refractivity (Wildman–Crippen MR) is 75.3 cm³/mol. The van der Waals surface area contributed by atoms with E-state index in [-0.39, 0.29) is 18.5 Å². The smallest absolute Gasteiger partial charge is 0.141 e. The standard InChI is InChI=1S/C15H25FN2O/c1-11(2)8-13(6-7-19)9-17-12(3)15-5-4-14(16)10-18-15/h4-5,10-13,17,19H,6-9H2,1-3H3. The molecule has 0 aliphatic heterocycles. The summed E-state index contributed by atoms with van der Waals surface area (Å²) in [6, 6.07) is 3.23. The van der Waals surface area contributed by atoms with Crippen molar-refractivity contribution >= 4 is 0 Å². The number of rotatable bonds is 8. The normalized spacial score (nSPS) is 14.6. The largest absolute Gasteiger partial charge is 0.396 e. The van der Waals surface area contributed by atoms with Gasteiger partial charge in [-0.25, -0.2) is 4.39 Å². The van der Waals surface area contributed by atoms with Crippen LogP contribution in [0.5, 0.6) is 0 Å². The first-order valence-electron chi connectivity index (χ1n) is 6.98. The highest BCUT2D eigenvalue weighted by Gasteiger charge is 2.13. The Labute approximate surface area is 115 Å². The lowest BCUT2D eigenvalue weighted by Gasteiger charge is -2.21. The van der Waals surface area contributed by atoms with E-state index >= 15 is 0 Å². The summed E-state index contributed by atoms with van der Waals surface area (Å²) >= 11 is 0. The van der Waals surface area contributed by atoms with E-state index < -0.39 is 0 Å². The van der Waals surface area contributed by atoms with Crippen molar-refractivity contribution in [3.05, 3.63) is 29.8 Å². The zero-order valence-corrected chi connectivity index (χ0v) is 12.1. The topological polar surface area (TPSA) is 45.1 Å². The van der Waals surface area contributed by atoms with Crippen LogP contribution in [-0.2, 0) is 0 Å². The van der Waals surface area contributed by atoms with Crippen molar-refractivity contribution in [3.63, 3.8) is 0 Å². The molecule has 0 aliphatic carbocycles. The third-order valence-corrected chi connectivity index (χ3v) is 3.25. The van der Waals surface area contributed by atoms with Crippen molar-refractivity contribution in [2.75, 3.05) is 13.2 Å². The number of aromatic nitrogens is 1. The van der Waals surface area contributed by atoms with E-state index in [1.807, 2.05) is 6.92 Å². The van der Waals surface area contributed by atoms with Gasteiger partial charge in [-0.05, 0) is 50.3 Å². The van der Waals surface area contributed by atoms with Crippen LogP contribution >= 0.6 is 0 Å². The van der Waals surface area contributed by atoms with Crippen LogP contribution in [-0.4, -0.2) is 23.2 Å². The molecule has 0 saturated carbocycles. The maximum absolute atomic E-state index is 12.8. The van der Waals surface area contributed by atoms with Gasteiger partial charge in [0.15, 0.2) is 0 Å². The fourth-order valence-electron chi connectivity index (χ4n) is 2.24. The second-order valence-corrected chi connectivity index (χ2v) is 5.54. The van der Waals surface area contributed by atoms with E-state index in [4.69, 9.17) is 5.11 Å². The maximum Gasteiger partial charge on any atom is 0.141 e. The molecule has 2 N–H and O–H groups in total. The number of pyridine rings is 1. The number of aliphatic hydroxyl groups is 1. The Balaban J connectivity index is 2.46. The van der Waals surface area contributed by atoms with Crippen molar-refractivity contribution in [2.45, 2.75) is 39.7 Å². The van der Waals surface area contributed by atoms with E-state index in [9.17, 15) is 4.39 Å². The molecule has 2 unspecified atom stereocenters. The minimum Gasteiger partial charge on any atom is -0.396 e. The van der Waals surface area contributed by atoms with Gasteiger partial charge in [-0.3, -0.25) is 4.98 Å². The van der Waals surface area contributed by atoms with Crippen LogP contribution in [0.4, 0.5) is 4.39 Å². The van der Waals surface area contributed by atoms with Gasteiger partial charge in [0.1, 0.15) is 5.82 Å². The summed E-state index contributed by atoms with van der Waals surface area (Å²) in [6.45, 7) is 7.47. The van der Waals surface area contributed by atoms with E-state index in [2.05, 4.69) is 24.1 Å². The fraction of sp³-hybridized carbons (Fsp3) is 0.667.